The van der Waals surface area contributed by atoms with Crippen molar-refractivity contribution in [2.75, 3.05) is 31.1 Å². The first-order valence-electron chi connectivity index (χ1n) is 9.52. The second kappa shape index (κ2) is 7.94. The van der Waals surface area contributed by atoms with Crippen LogP contribution in [0, 0.1) is 0 Å². The molecule has 0 radical (unpaired) electrons. The van der Waals surface area contributed by atoms with Crippen LogP contribution in [-0.2, 0) is 22.5 Å². The SMILES string of the molecule is O=C(ON1CCCN(c2nc(-c3ccccn3)nc3c2CCC3)CC1)C(F)(F)F. The van der Waals surface area contributed by atoms with E-state index in [0.29, 0.717) is 31.0 Å². The van der Waals surface area contributed by atoms with Gasteiger partial charge >= 0.3 is 12.1 Å². The molecule has 1 aliphatic carbocycles. The molecule has 0 amide bonds. The van der Waals surface area contributed by atoms with Gasteiger partial charge in [-0.3, -0.25) is 4.98 Å². The summed E-state index contributed by atoms with van der Waals surface area (Å²) < 4.78 is 37.4. The van der Waals surface area contributed by atoms with Gasteiger partial charge in [-0.1, -0.05) is 6.07 Å². The van der Waals surface area contributed by atoms with Crippen molar-refractivity contribution in [3.63, 3.8) is 0 Å². The Balaban J connectivity index is 1.55. The Morgan fingerprint density at radius 1 is 1.03 bits per heavy atom. The number of halogens is 3. The predicted molar refractivity (Wildman–Crippen MR) is 97.8 cm³/mol. The highest BCUT2D eigenvalue weighted by Crippen LogP contribution is 2.31. The van der Waals surface area contributed by atoms with E-state index in [1.165, 1.54) is 0 Å². The van der Waals surface area contributed by atoms with Crippen LogP contribution < -0.4 is 4.90 Å². The number of carbonyl (C=O) groups excluding carboxylic acids is 1. The molecule has 2 aromatic heterocycles. The summed E-state index contributed by atoms with van der Waals surface area (Å²) in [6.45, 7) is 1.40. The Labute approximate surface area is 165 Å². The fourth-order valence-electron chi connectivity index (χ4n) is 3.65. The van der Waals surface area contributed by atoms with Crippen LogP contribution in [0.25, 0.3) is 11.5 Å². The van der Waals surface area contributed by atoms with Gasteiger partial charge in [0.2, 0.25) is 0 Å². The molecule has 29 heavy (non-hydrogen) atoms. The van der Waals surface area contributed by atoms with E-state index in [2.05, 4.69) is 14.8 Å². The fourth-order valence-corrected chi connectivity index (χ4v) is 3.65. The van der Waals surface area contributed by atoms with Crippen LogP contribution in [-0.4, -0.2) is 58.3 Å². The van der Waals surface area contributed by atoms with Crippen LogP contribution in [0.4, 0.5) is 19.0 Å². The fraction of sp³-hybridized carbons (Fsp3) is 0.474. The molecule has 1 fully saturated rings. The molecule has 0 saturated carbocycles. The molecule has 1 aliphatic heterocycles. The molecule has 4 rings (SSSR count). The summed E-state index contributed by atoms with van der Waals surface area (Å²) in [6.07, 6.45) is -0.0412. The maximum Gasteiger partial charge on any atom is 0.492 e. The van der Waals surface area contributed by atoms with Gasteiger partial charge in [-0.15, -0.1) is 5.06 Å². The van der Waals surface area contributed by atoms with Crippen molar-refractivity contribution >= 4 is 11.8 Å². The minimum Gasteiger partial charge on any atom is -0.361 e. The first-order chi connectivity index (χ1) is 13.9. The third kappa shape index (κ3) is 4.31. The standard InChI is InChI=1S/C19H20F3N5O2/c20-19(21,22)18(28)29-27-10-4-9-26(11-12-27)17-13-5-3-7-14(13)24-16(25-17)15-6-1-2-8-23-15/h1-2,6,8H,3-5,7,9-12H2. The Kier molecular flexibility index (Phi) is 5.35. The largest absolute Gasteiger partial charge is 0.492 e. The van der Waals surface area contributed by atoms with Crippen LogP contribution in [0.15, 0.2) is 24.4 Å². The van der Waals surface area contributed by atoms with Crippen LogP contribution in [0.2, 0.25) is 0 Å². The number of alkyl halides is 3. The van der Waals surface area contributed by atoms with E-state index in [-0.39, 0.29) is 13.1 Å². The van der Waals surface area contributed by atoms with Crippen molar-refractivity contribution in [1.29, 1.82) is 0 Å². The molecular formula is C19H20F3N5O2. The second-order valence-electron chi connectivity index (χ2n) is 7.01. The predicted octanol–water partition coefficient (Wildman–Crippen LogP) is 2.56. The highest BCUT2D eigenvalue weighted by Gasteiger charge is 2.42. The molecule has 1 saturated heterocycles. The molecule has 10 heteroatoms. The van der Waals surface area contributed by atoms with Crippen molar-refractivity contribution in [2.24, 2.45) is 0 Å². The summed E-state index contributed by atoms with van der Waals surface area (Å²) in [5.41, 5.74) is 2.77. The lowest BCUT2D eigenvalue weighted by Gasteiger charge is -2.25. The third-order valence-electron chi connectivity index (χ3n) is 5.00. The quantitative estimate of drug-likeness (QED) is 0.774. The number of carbonyl (C=O) groups is 1. The van der Waals surface area contributed by atoms with E-state index >= 15 is 0 Å². The first-order valence-corrected chi connectivity index (χ1v) is 9.52. The number of fused-ring (bicyclic) bond motifs is 1. The molecule has 0 spiro atoms. The van der Waals surface area contributed by atoms with Crippen molar-refractivity contribution in [3.8, 4) is 11.5 Å². The van der Waals surface area contributed by atoms with Crippen molar-refractivity contribution < 1.29 is 22.8 Å². The average Bonchev–Trinajstić information content (AvgIpc) is 3.06. The van der Waals surface area contributed by atoms with Gasteiger partial charge in [0.05, 0.1) is 6.54 Å². The van der Waals surface area contributed by atoms with Crippen molar-refractivity contribution in [2.45, 2.75) is 31.9 Å². The molecule has 3 heterocycles. The van der Waals surface area contributed by atoms with Crippen LogP contribution in [0.3, 0.4) is 0 Å². The number of pyridine rings is 1. The maximum absolute atomic E-state index is 12.5. The van der Waals surface area contributed by atoms with Gasteiger partial charge in [0.15, 0.2) is 5.82 Å². The Morgan fingerprint density at radius 2 is 1.90 bits per heavy atom. The van der Waals surface area contributed by atoms with Gasteiger partial charge < -0.3 is 9.74 Å². The Bertz CT molecular complexity index is 891. The van der Waals surface area contributed by atoms with Gasteiger partial charge in [0.25, 0.3) is 0 Å². The zero-order chi connectivity index (χ0) is 20.4. The molecule has 0 unspecified atom stereocenters. The number of aryl methyl sites for hydroxylation is 1. The summed E-state index contributed by atoms with van der Waals surface area (Å²) in [5.74, 6) is -0.839. The van der Waals surface area contributed by atoms with Crippen molar-refractivity contribution in [1.82, 2.24) is 20.0 Å². The monoisotopic (exact) mass is 407 g/mol. The molecular weight excluding hydrogens is 387 g/mol. The number of hydrogen-bond acceptors (Lipinski definition) is 7. The third-order valence-corrected chi connectivity index (χ3v) is 5.00. The van der Waals surface area contributed by atoms with Crippen LogP contribution in [0.5, 0.6) is 0 Å². The lowest BCUT2D eigenvalue weighted by molar-refractivity contribution is -0.237. The Morgan fingerprint density at radius 3 is 2.66 bits per heavy atom. The highest BCUT2D eigenvalue weighted by atomic mass is 19.4. The van der Waals surface area contributed by atoms with E-state index in [1.54, 1.807) is 6.20 Å². The van der Waals surface area contributed by atoms with E-state index in [0.717, 1.165) is 41.4 Å². The minimum absolute atomic E-state index is 0.166. The van der Waals surface area contributed by atoms with Gasteiger partial charge in [-0.05, 0) is 37.8 Å². The number of nitrogens with zero attached hydrogens (tertiary/aromatic N) is 5. The summed E-state index contributed by atoms with van der Waals surface area (Å²) in [6, 6.07) is 5.54. The van der Waals surface area contributed by atoms with E-state index < -0.39 is 12.1 Å². The number of hydrogen-bond donors (Lipinski definition) is 0. The van der Waals surface area contributed by atoms with E-state index in [1.807, 2.05) is 23.1 Å². The molecule has 0 N–H and O–H groups in total. The maximum atomic E-state index is 12.5. The van der Waals surface area contributed by atoms with Gasteiger partial charge in [0, 0.05) is 37.1 Å². The van der Waals surface area contributed by atoms with Gasteiger partial charge in [-0.2, -0.15) is 13.2 Å². The normalized spacial score (nSPS) is 17.7. The average molecular weight is 407 g/mol. The van der Waals surface area contributed by atoms with E-state index in [9.17, 15) is 18.0 Å². The van der Waals surface area contributed by atoms with Gasteiger partial charge in [0.1, 0.15) is 11.5 Å². The number of aromatic nitrogens is 3. The molecule has 0 aromatic carbocycles. The first kappa shape index (κ1) is 19.6. The molecule has 0 bridgehead atoms. The summed E-state index contributed by atoms with van der Waals surface area (Å²) >= 11 is 0. The zero-order valence-corrected chi connectivity index (χ0v) is 15.7. The molecule has 7 nitrogen and oxygen atoms in total. The minimum atomic E-state index is -5.00. The van der Waals surface area contributed by atoms with Gasteiger partial charge in [-0.25, -0.2) is 14.8 Å². The number of rotatable bonds is 3. The zero-order valence-electron chi connectivity index (χ0n) is 15.7. The molecule has 2 aliphatic rings. The van der Waals surface area contributed by atoms with E-state index in [4.69, 9.17) is 4.98 Å². The molecule has 0 atom stereocenters. The molecule has 154 valence electrons. The van der Waals surface area contributed by atoms with Crippen LogP contribution in [0.1, 0.15) is 24.1 Å². The second-order valence-corrected chi connectivity index (χ2v) is 7.01. The summed E-state index contributed by atoms with van der Waals surface area (Å²) in [4.78, 5) is 31.4. The summed E-state index contributed by atoms with van der Waals surface area (Å²) in [7, 11) is 0. The lowest BCUT2D eigenvalue weighted by atomic mass is 10.2. The number of hydroxylamine groups is 2. The molecule has 2 aromatic rings. The topological polar surface area (TPSA) is 71.5 Å². The number of anilines is 1. The highest BCUT2D eigenvalue weighted by molar-refractivity contribution is 5.75. The summed E-state index contributed by atoms with van der Waals surface area (Å²) in [5, 5.41) is 1.08. The van der Waals surface area contributed by atoms with Crippen LogP contribution >= 0.6 is 0 Å². The smallest absolute Gasteiger partial charge is 0.361 e. The Hall–Kier alpha value is -2.75. The lowest BCUT2D eigenvalue weighted by Crippen LogP contribution is -2.37. The van der Waals surface area contributed by atoms with Crippen molar-refractivity contribution in [3.05, 3.63) is 35.7 Å².